The third-order valence-corrected chi connectivity index (χ3v) is 6.47. The van der Waals surface area contributed by atoms with Crippen molar-refractivity contribution in [2.45, 2.75) is 46.1 Å². The first-order valence-electron chi connectivity index (χ1n) is 12.0. The minimum atomic E-state index is -0.917. The van der Waals surface area contributed by atoms with Gasteiger partial charge in [0.15, 0.2) is 5.78 Å². The summed E-state index contributed by atoms with van der Waals surface area (Å²) in [5, 5.41) is 3.27. The largest absolute Gasteiger partial charge is 0.468 e. The molecule has 0 spiro atoms. The van der Waals surface area contributed by atoms with E-state index >= 15 is 0 Å². The van der Waals surface area contributed by atoms with E-state index in [1.165, 1.54) is 7.11 Å². The molecule has 0 radical (unpaired) electrons. The second-order valence-electron chi connectivity index (χ2n) is 9.58. The normalized spacial score (nSPS) is 22.1. The number of hydrogen-bond acceptors (Lipinski definition) is 8. The third kappa shape index (κ3) is 5.59. The zero-order valence-corrected chi connectivity index (χ0v) is 21.6. The minimum absolute atomic E-state index is 0.0266. The van der Waals surface area contributed by atoms with Crippen molar-refractivity contribution >= 4 is 23.4 Å². The Morgan fingerprint density at radius 3 is 2.37 bits per heavy atom. The number of rotatable bonds is 8. The van der Waals surface area contributed by atoms with Gasteiger partial charge in [-0.1, -0.05) is 19.1 Å². The third-order valence-electron chi connectivity index (χ3n) is 6.47. The van der Waals surface area contributed by atoms with Gasteiger partial charge in [-0.2, -0.15) is 0 Å². The summed E-state index contributed by atoms with van der Waals surface area (Å²) in [6.07, 6.45) is 0.522. The maximum absolute atomic E-state index is 13.7. The second kappa shape index (κ2) is 11.1. The van der Waals surface area contributed by atoms with E-state index < -0.39 is 23.8 Å². The summed E-state index contributed by atoms with van der Waals surface area (Å²) < 4.78 is 16.0. The zero-order valence-electron chi connectivity index (χ0n) is 21.6. The Hall–Kier alpha value is -3.13. The maximum Gasteiger partial charge on any atom is 0.336 e. The standard InChI is InChI=1S/C27H36N2O6/c1-15(2)34-12-13-35-27(32)22-17(4)28-20-14-16(3)21(26(31)33-7)25(30)24(20)23(22)18-8-10-19(11-9-18)29(5)6/h8-11,15-16,21,23,28H,12-14H2,1-7H3/t16-,21-,23+/m0/s1. The van der Waals surface area contributed by atoms with Crippen LogP contribution in [0.15, 0.2) is 46.8 Å². The first-order valence-corrected chi connectivity index (χ1v) is 12.0. The van der Waals surface area contributed by atoms with Gasteiger partial charge < -0.3 is 24.4 Å². The molecule has 1 heterocycles. The molecule has 0 saturated heterocycles. The number of carbonyl (C=O) groups excluding carboxylic acids is 3. The Morgan fingerprint density at radius 2 is 1.80 bits per heavy atom. The van der Waals surface area contributed by atoms with Crippen molar-refractivity contribution in [3.8, 4) is 0 Å². The van der Waals surface area contributed by atoms with Crippen LogP contribution in [0.5, 0.6) is 0 Å². The fourth-order valence-electron chi connectivity index (χ4n) is 4.75. The molecule has 1 aliphatic heterocycles. The van der Waals surface area contributed by atoms with E-state index in [1.807, 2.05) is 71.0 Å². The number of ether oxygens (including phenoxy) is 3. The number of anilines is 1. The number of esters is 2. The Balaban J connectivity index is 2.05. The van der Waals surface area contributed by atoms with Crippen molar-refractivity contribution in [1.82, 2.24) is 5.32 Å². The van der Waals surface area contributed by atoms with E-state index in [1.54, 1.807) is 0 Å². The highest BCUT2D eigenvalue weighted by molar-refractivity contribution is 6.12. The SMILES string of the molecule is COC(=O)[C@@H]1C(=O)C2=C(C[C@@H]1C)NC(C)=C(C(=O)OCCOC(C)C)[C@H]2c1ccc(N(C)C)cc1. The van der Waals surface area contributed by atoms with Crippen LogP contribution < -0.4 is 10.2 Å². The Morgan fingerprint density at radius 1 is 1.14 bits per heavy atom. The number of allylic oxidation sites excluding steroid dienone is 3. The van der Waals surface area contributed by atoms with Gasteiger partial charge >= 0.3 is 11.9 Å². The van der Waals surface area contributed by atoms with Crippen LogP contribution in [0.4, 0.5) is 5.69 Å². The number of hydrogen-bond donors (Lipinski definition) is 1. The topological polar surface area (TPSA) is 94.2 Å². The van der Waals surface area contributed by atoms with Gasteiger partial charge in [0.2, 0.25) is 0 Å². The van der Waals surface area contributed by atoms with Gasteiger partial charge in [-0.3, -0.25) is 9.59 Å². The van der Waals surface area contributed by atoms with Crippen LogP contribution in [-0.4, -0.2) is 58.2 Å². The van der Waals surface area contributed by atoms with Crippen molar-refractivity contribution in [2.75, 3.05) is 39.3 Å². The molecule has 2 aliphatic rings. The summed E-state index contributed by atoms with van der Waals surface area (Å²) >= 11 is 0. The molecule has 3 rings (SSSR count). The number of methoxy groups -OCH3 is 1. The van der Waals surface area contributed by atoms with E-state index in [4.69, 9.17) is 14.2 Å². The highest BCUT2D eigenvalue weighted by Crippen LogP contribution is 2.45. The van der Waals surface area contributed by atoms with Gasteiger partial charge in [0.1, 0.15) is 12.5 Å². The first kappa shape index (κ1) is 26.5. The minimum Gasteiger partial charge on any atom is -0.468 e. The molecule has 0 unspecified atom stereocenters. The average molecular weight is 485 g/mol. The molecular weight excluding hydrogens is 448 g/mol. The van der Waals surface area contributed by atoms with E-state index in [9.17, 15) is 14.4 Å². The predicted octanol–water partition coefficient (Wildman–Crippen LogP) is 3.33. The quantitative estimate of drug-likeness (QED) is 0.341. The van der Waals surface area contributed by atoms with E-state index in [-0.39, 0.29) is 31.0 Å². The summed E-state index contributed by atoms with van der Waals surface area (Å²) in [6, 6.07) is 7.72. The van der Waals surface area contributed by atoms with Crippen molar-refractivity contribution in [1.29, 1.82) is 0 Å². The van der Waals surface area contributed by atoms with Gasteiger partial charge in [-0.25, -0.2) is 4.79 Å². The van der Waals surface area contributed by atoms with Crippen LogP contribution in [-0.2, 0) is 28.6 Å². The maximum atomic E-state index is 13.7. The fourth-order valence-corrected chi connectivity index (χ4v) is 4.75. The van der Waals surface area contributed by atoms with Gasteiger partial charge in [0.05, 0.1) is 25.4 Å². The summed E-state index contributed by atoms with van der Waals surface area (Å²) in [5.41, 5.74) is 3.92. The molecular formula is C27H36N2O6. The van der Waals surface area contributed by atoms with Gasteiger partial charge in [0.25, 0.3) is 0 Å². The Kier molecular flexibility index (Phi) is 8.38. The Bertz CT molecular complexity index is 1040. The van der Waals surface area contributed by atoms with Crippen molar-refractivity contribution < 1.29 is 28.6 Å². The molecule has 1 N–H and O–H groups in total. The van der Waals surface area contributed by atoms with Crippen LogP contribution in [0.3, 0.4) is 0 Å². The fraction of sp³-hybridized carbons (Fsp3) is 0.519. The van der Waals surface area contributed by atoms with Crippen molar-refractivity contribution in [3.63, 3.8) is 0 Å². The lowest BCUT2D eigenvalue weighted by Gasteiger charge is -2.38. The number of ketones is 1. The van der Waals surface area contributed by atoms with Crippen LogP contribution >= 0.6 is 0 Å². The second-order valence-corrected chi connectivity index (χ2v) is 9.58. The molecule has 35 heavy (non-hydrogen) atoms. The molecule has 0 fully saturated rings. The highest BCUT2D eigenvalue weighted by atomic mass is 16.6. The van der Waals surface area contributed by atoms with Gasteiger partial charge in [-0.15, -0.1) is 0 Å². The first-order chi connectivity index (χ1) is 16.6. The van der Waals surface area contributed by atoms with Crippen molar-refractivity contribution in [2.24, 2.45) is 11.8 Å². The number of nitrogens with one attached hydrogen (secondary N) is 1. The monoisotopic (exact) mass is 484 g/mol. The average Bonchev–Trinajstić information content (AvgIpc) is 2.80. The number of Topliss-reactive ketones (excluding diaryl/α,β-unsaturated/α-hetero) is 1. The van der Waals surface area contributed by atoms with Crippen LogP contribution in [0.2, 0.25) is 0 Å². The number of nitrogens with zero attached hydrogens (tertiary/aromatic N) is 1. The van der Waals surface area contributed by atoms with Gasteiger partial charge in [0, 0.05) is 42.7 Å². The lowest BCUT2D eigenvalue weighted by atomic mass is 9.69. The van der Waals surface area contributed by atoms with E-state index in [0.29, 0.717) is 23.3 Å². The van der Waals surface area contributed by atoms with E-state index in [2.05, 4.69) is 5.32 Å². The lowest BCUT2D eigenvalue weighted by Crippen LogP contribution is -2.43. The summed E-state index contributed by atoms with van der Waals surface area (Å²) in [4.78, 5) is 41.6. The van der Waals surface area contributed by atoms with Gasteiger partial charge in [-0.05, 0) is 50.8 Å². The van der Waals surface area contributed by atoms with Crippen LogP contribution in [0.1, 0.15) is 45.6 Å². The molecule has 1 aliphatic carbocycles. The molecule has 1 aromatic rings. The smallest absolute Gasteiger partial charge is 0.336 e. The lowest BCUT2D eigenvalue weighted by molar-refractivity contribution is -0.151. The van der Waals surface area contributed by atoms with Crippen LogP contribution in [0.25, 0.3) is 0 Å². The molecule has 0 bridgehead atoms. The van der Waals surface area contributed by atoms with E-state index in [0.717, 1.165) is 16.9 Å². The summed E-state index contributed by atoms with van der Waals surface area (Å²) in [6.45, 7) is 7.88. The van der Waals surface area contributed by atoms with Crippen LogP contribution in [0, 0.1) is 11.8 Å². The molecule has 190 valence electrons. The van der Waals surface area contributed by atoms with Crippen molar-refractivity contribution in [3.05, 3.63) is 52.4 Å². The summed E-state index contributed by atoms with van der Waals surface area (Å²) in [7, 11) is 5.17. The predicted molar refractivity (Wildman–Crippen MR) is 133 cm³/mol. The molecule has 8 nitrogen and oxygen atoms in total. The number of benzene rings is 1. The molecule has 0 saturated carbocycles. The molecule has 0 aromatic heterocycles. The molecule has 8 heteroatoms. The highest BCUT2D eigenvalue weighted by Gasteiger charge is 2.47. The molecule has 1 aromatic carbocycles. The number of carbonyl (C=O) groups is 3. The molecule has 0 amide bonds. The molecule has 3 atom stereocenters. The Labute approximate surface area is 207 Å². The summed E-state index contributed by atoms with van der Waals surface area (Å²) in [5.74, 6) is -3.20. The number of dihydropyridines is 1. The zero-order chi connectivity index (χ0) is 25.9.